The average Bonchev–Trinajstić information content (AvgIpc) is 3.29. The first-order chi connectivity index (χ1) is 16.0. The SMILES string of the molecule is CCN(c1ccc(OC(F)(F)F)cc1)c1ncc2c(n1)N(C1CCCC1)CC(C)(C)C(=O)N2C. The van der Waals surface area contributed by atoms with Gasteiger partial charge in [-0.3, -0.25) is 4.79 Å². The minimum atomic E-state index is -4.74. The molecule has 7 nitrogen and oxygen atoms in total. The topological polar surface area (TPSA) is 61.8 Å². The predicted molar refractivity (Wildman–Crippen MR) is 125 cm³/mol. The molecule has 10 heteroatoms. The lowest BCUT2D eigenvalue weighted by atomic mass is 9.91. The van der Waals surface area contributed by atoms with Gasteiger partial charge in [0.1, 0.15) is 11.4 Å². The predicted octanol–water partition coefficient (Wildman–Crippen LogP) is 5.28. The van der Waals surface area contributed by atoms with Crippen LogP contribution in [0, 0.1) is 5.41 Å². The van der Waals surface area contributed by atoms with Gasteiger partial charge in [-0.15, -0.1) is 13.2 Å². The maximum Gasteiger partial charge on any atom is 0.573 e. The summed E-state index contributed by atoms with van der Waals surface area (Å²) in [6.07, 6.45) is 1.31. The molecule has 0 N–H and O–H groups in total. The molecule has 1 fully saturated rings. The molecule has 2 aromatic rings. The van der Waals surface area contributed by atoms with Crippen molar-refractivity contribution in [2.75, 3.05) is 34.8 Å². The molecule has 184 valence electrons. The first-order valence-electron chi connectivity index (χ1n) is 11.6. The summed E-state index contributed by atoms with van der Waals surface area (Å²) in [6.45, 7) is 6.89. The lowest BCUT2D eigenvalue weighted by Crippen LogP contribution is -2.45. The van der Waals surface area contributed by atoms with Crippen molar-refractivity contribution in [3.63, 3.8) is 0 Å². The summed E-state index contributed by atoms with van der Waals surface area (Å²) < 4.78 is 41.5. The molecule has 0 unspecified atom stereocenters. The minimum Gasteiger partial charge on any atom is -0.406 e. The number of ether oxygens (including phenoxy) is 1. The van der Waals surface area contributed by atoms with Gasteiger partial charge in [0.2, 0.25) is 11.9 Å². The van der Waals surface area contributed by atoms with E-state index in [1.807, 2.05) is 25.7 Å². The van der Waals surface area contributed by atoms with Gasteiger partial charge in [-0.2, -0.15) is 4.98 Å². The zero-order valence-electron chi connectivity index (χ0n) is 19.9. The van der Waals surface area contributed by atoms with Gasteiger partial charge in [-0.25, -0.2) is 4.98 Å². The van der Waals surface area contributed by atoms with E-state index in [1.54, 1.807) is 30.3 Å². The number of hydrogen-bond acceptors (Lipinski definition) is 6. The second-order valence-corrected chi connectivity index (χ2v) is 9.48. The highest BCUT2D eigenvalue weighted by atomic mass is 19.4. The van der Waals surface area contributed by atoms with Crippen LogP contribution in [0.5, 0.6) is 5.75 Å². The summed E-state index contributed by atoms with van der Waals surface area (Å²) in [4.78, 5) is 28.3. The number of halogens is 3. The van der Waals surface area contributed by atoms with E-state index in [2.05, 4.69) is 14.6 Å². The van der Waals surface area contributed by atoms with Crippen LogP contribution in [0.2, 0.25) is 0 Å². The van der Waals surface area contributed by atoms with Crippen molar-refractivity contribution in [2.45, 2.75) is 58.9 Å². The number of alkyl halides is 3. The molecule has 0 radical (unpaired) electrons. The van der Waals surface area contributed by atoms with Gasteiger partial charge in [0.05, 0.1) is 11.6 Å². The largest absolute Gasteiger partial charge is 0.573 e. The van der Waals surface area contributed by atoms with Crippen molar-refractivity contribution in [2.24, 2.45) is 5.41 Å². The summed E-state index contributed by atoms with van der Waals surface area (Å²) in [5, 5.41) is 0. The Labute approximate surface area is 197 Å². The maximum absolute atomic E-state index is 13.2. The summed E-state index contributed by atoms with van der Waals surface area (Å²) in [6, 6.07) is 5.94. The average molecular weight is 478 g/mol. The molecule has 1 aliphatic carbocycles. The molecular weight excluding hydrogens is 447 g/mol. The van der Waals surface area contributed by atoms with E-state index in [9.17, 15) is 18.0 Å². The first-order valence-corrected chi connectivity index (χ1v) is 11.6. The molecule has 0 bridgehead atoms. The van der Waals surface area contributed by atoms with E-state index in [1.165, 1.54) is 12.1 Å². The van der Waals surface area contributed by atoms with Gasteiger partial charge < -0.3 is 19.4 Å². The molecule has 1 amide bonds. The highest BCUT2D eigenvalue weighted by molar-refractivity contribution is 6.00. The fourth-order valence-electron chi connectivity index (χ4n) is 4.85. The van der Waals surface area contributed by atoms with Crippen LogP contribution < -0.4 is 19.4 Å². The number of carbonyl (C=O) groups excluding carboxylic acids is 1. The Hall–Kier alpha value is -3.04. The number of aromatic nitrogens is 2. The highest BCUT2D eigenvalue weighted by Crippen LogP contribution is 2.41. The Morgan fingerprint density at radius 3 is 2.41 bits per heavy atom. The van der Waals surface area contributed by atoms with Crippen LogP contribution in [0.3, 0.4) is 0 Å². The van der Waals surface area contributed by atoms with Crippen LogP contribution in [0.1, 0.15) is 46.5 Å². The van der Waals surface area contributed by atoms with E-state index in [0.29, 0.717) is 42.3 Å². The standard InChI is InChI=1S/C24H30F3N5O2/c1-5-31(17-10-12-18(13-11-17)34-24(25,26)27)22-28-14-19-20(29-22)32(16-8-6-7-9-16)15-23(2,3)21(33)30(19)4/h10-14,16H,5-9,15H2,1-4H3. The second-order valence-electron chi connectivity index (χ2n) is 9.48. The summed E-state index contributed by atoms with van der Waals surface area (Å²) in [7, 11) is 1.75. The van der Waals surface area contributed by atoms with Crippen LogP contribution in [0.25, 0.3) is 0 Å². The van der Waals surface area contributed by atoms with Crippen molar-refractivity contribution >= 4 is 29.0 Å². The highest BCUT2D eigenvalue weighted by Gasteiger charge is 2.41. The van der Waals surface area contributed by atoms with Crippen molar-refractivity contribution in [3.05, 3.63) is 30.5 Å². The van der Waals surface area contributed by atoms with Gasteiger partial charge in [0.15, 0.2) is 5.82 Å². The normalized spacial score (nSPS) is 18.6. The first kappa shape index (κ1) is 24.1. The van der Waals surface area contributed by atoms with Crippen molar-refractivity contribution in [1.29, 1.82) is 0 Å². The molecule has 0 spiro atoms. The lowest BCUT2D eigenvalue weighted by Gasteiger charge is -2.34. The molecule has 1 aromatic carbocycles. The van der Waals surface area contributed by atoms with Crippen LogP contribution >= 0.6 is 0 Å². The second kappa shape index (κ2) is 8.96. The summed E-state index contributed by atoms with van der Waals surface area (Å²) in [5.41, 5.74) is 0.718. The molecule has 0 atom stereocenters. The Morgan fingerprint density at radius 1 is 1.18 bits per heavy atom. The number of carbonyl (C=O) groups is 1. The smallest absolute Gasteiger partial charge is 0.406 e. The zero-order chi connectivity index (χ0) is 24.7. The monoisotopic (exact) mass is 477 g/mol. The van der Waals surface area contributed by atoms with E-state index in [4.69, 9.17) is 4.98 Å². The van der Waals surface area contributed by atoms with Gasteiger partial charge in [0, 0.05) is 31.9 Å². The van der Waals surface area contributed by atoms with Crippen LogP contribution in [0.15, 0.2) is 30.5 Å². The molecule has 1 saturated carbocycles. The molecule has 1 aliphatic heterocycles. The van der Waals surface area contributed by atoms with Crippen molar-refractivity contribution < 1.29 is 22.7 Å². The lowest BCUT2D eigenvalue weighted by molar-refractivity contribution is -0.274. The van der Waals surface area contributed by atoms with Crippen molar-refractivity contribution in [1.82, 2.24) is 9.97 Å². The third kappa shape index (κ3) is 4.76. The van der Waals surface area contributed by atoms with Gasteiger partial charge in [-0.1, -0.05) is 12.8 Å². The number of hydrogen-bond donors (Lipinski definition) is 0. The number of fused-ring (bicyclic) bond motifs is 1. The minimum absolute atomic E-state index is 0.0122. The van der Waals surface area contributed by atoms with Crippen molar-refractivity contribution in [3.8, 4) is 5.75 Å². The fraction of sp³-hybridized carbons (Fsp3) is 0.542. The van der Waals surface area contributed by atoms with E-state index >= 15 is 0 Å². The van der Waals surface area contributed by atoms with Crippen LogP contribution in [-0.2, 0) is 4.79 Å². The fourth-order valence-corrected chi connectivity index (χ4v) is 4.85. The Kier molecular flexibility index (Phi) is 6.35. The number of benzene rings is 1. The van der Waals surface area contributed by atoms with Gasteiger partial charge in [0.25, 0.3) is 0 Å². The van der Waals surface area contributed by atoms with Gasteiger partial charge in [-0.05, 0) is 57.9 Å². The molecule has 4 rings (SSSR count). The van der Waals surface area contributed by atoms with Crippen LogP contribution in [0.4, 0.5) is 36.3 Å². The van der Waals surface area contributed by atoms with E-state index < -0.39 is 11.8 Å². The zero-order valence-corrected chi connectivity index (χ0v) is 19.9. The number of anilines is 4. The van der Waals surface area contributed by atoms with E-state index in [-0.39, 0.29) is 11.7 Å². The molecule has 2 heterocycles. The van der Waals surface area contributed by atoms with E-state index in [0.717, 1.165) is 25.7 Å². The number of nitrogens with zero attached hydrogens (tertiary/aromatic N) is 5. The Balaban J connectivity index is 1.72. The number of rotatable bonds is 5. The summed E-state index contributed by atoms with van der Waals surface area (Å²) >= 11 is 0. The molecule has 1 aromatic heterocycles. The molecular formula is C24H30F3N5O2. The molecule has 0 saturated heterocycles. The summed E-state index contributed by atoms with van der Waals surface area (Å²) in [5.74, 6) is 0.867. The third-order valence-electron chi connectivity index (χ3n) is 6.53. The number of amides is 1. The van der Waals surface area contributed by atoms with Crippen LogP contribution in [-0.4, -0.2) is 48.4 Å². The quantitative estimate of drug-likeness (QED) is 0.584. The Bertz CT molecular complexity index is 1040. The third-order valence-corrected chi connectivity index (χ3v) is 6.53. The Morgan fingerprint density at radius 2 is 1.82 bits per heavy atom. The molecule has 34 heavy (non-hydrogen) atoms. The maximum atomic E-state index is 13.2. The van der Waals surface area contributed by atoms with Gasteiger partial charge >= 0.3 is 6.36 Å². The molecule has 2 aliphatic rings.